The van der Waals surface area contributed by atoms with Crippen LogP contribution in [0.4, 0.5) is 10.1 Å². The lowest BCUT2D eigenvalue weighted by Gasteiger charge is -2.37. The van der Waals surface area contributed by atoms with Gasteiger partial charge in [0.25, 0.3) is 5.91 Å². The second-order valence-corrected chi connectivity index (χ2v) is 7.42. The smallest absolute Gasteiger partial charge is 0.279 e. The Balaban J connectivity index is 2.84. The first kappa shape index (κ1) is 21.1. The number of hydrogen-bond acceptors (Lipinski definition) is 1. The minimum absolute atomic E-state index is 0.0157. The molecule has 0 spiro atoms. The number of aryl methyl sites for hydroxylation is 2. The lowest BCUT2D eigenvalue weighted by Crippen LogP contribution is -2.53. The molecule has 1 aromatic carbocycles. The Morgan fingerprint density at radius 2 is 1.79 bits per heavy atom. The maximum Gasteiger partial charge on any atom is 0.279 e. The van der Waals surface area contributed by atoms with Gasteiger partial charge < -0.3 is 9.80 Å². The van der Waals surface area contributed by atoms with Crippen LogP contribution in [-0.4, -0.2) is 41.9 Å². The van der Waals surface area contributed by atoms with Crippen molar-refractivity contribution in [3.63, 3.8) is 0 Å². The molecule has 1 atom stereocenters. The van der Waals surface area contributed by atoms with Crippen molar-refractivity contribution in [3.05, 3.63) is 29.1 Å². The zero-order valence-corrected chi connectivity index (χ0v) is 17.0. The fourth-order valence-corrected chi connectivity index (χ4v) is 3.70. The number of carbonyl (C=O) groups excluding carboxylic acids is 1. The number of halogens is 2. The number of unbranched alkanes of at least 4 members (excludes halogenated alkanes) is 1. The number of anilines is 1. The molecule has 5 heteroatoms. The molecule has 0 saturated carbocycles. The number of benzene rings is 1. The Labute approximate surface area is 154 Å². The Morgan fingerprint density at radius 1 is 1.17 bits per heavy atom. The molecule has 136 valence electrons. The highest BCUT2D eigenvalue weighted by atomic mass is 79.9. The summed E-state index contributed by atoms with van der Waals surface area (Å²) in [5, 5.41) is 4.02. The highest BCUT2D eigenvalue weighted by Gasteiger charge is 2.27. The van der Waals surface area contributed by atoms with E-state index in [1.54, 1.807) is 0 Å². The van der Waals surface area contributed by atoms with Gasteiger partial charge in [-0.15, -0.1) is 0 Å². The van der Waals surface area contributed by atoms with E-state index < -0.39 is 0 Å². The number of alkyl halides is 1. The summed E-state index contributed by atoms with van der Waals surface area (Å²) < 4.78 is 14.2. The summed E-state index contributed by atoms with van der Waals surface area (Å²) in [7, 11) is 0. The van der Waals surface area contributed by atoms with E-state index in [9.17, 15) is 9.18 Å². The number of rotatable bonds is 10. The second-order valence-electron chi connectivity index (χ2n) is 6.62. The van der Waals surface area contributed by atoms with Crippen molar-refractivity contribution < 1.29 is 13.7 Å². The summed E-state index contributed by atoms with van der Waals surface area (Å²) in [5.74, 6) is -0.246. The van der Waals surface area contributed by atoms with Crippen LogP contribution in [-0.2, 0) is 4.79 Å². The van der Waals surface area contributed by atoms with E-state index in [2.05, 4.69) is 35.1 Å². The SMILES string of the molecule is CCC[N+](CC)(CCCCBr)CC(=O)Nc1c(C)cc(F)cc1C. The van der Waals surface area contributed by atoms with Crippen molar-refractivity contribution in [2.45, 2.75) is 47.0 Å². The lowest BCUT2D eigenvalue weighted by molar-refractivity contribution is -0.919. The predicted octanol–water partition coefficient (Wildman–Crippen LogP) is 4.80. The molecule has 1 unspecified atom stereocenters. The van der Waals surface area contributed by atoms with Crippen LogP contribution >= 0.6 is 15.9 Å². The zero-order chi connectivity index (χ0) is 18.2. The van der Waals surface area contributed by atoms with Gasteiger partial charge in [0.1, 0.15) is 5.82 Å². The first-order valence-corrected chi connectivity index (χ1v) is 9.97. The lowest BCUT2D eigenvalue weighted by atomic mass is 10.1. The molecule has 0 aliphatic carbocycles. The van der Waals surface area contributed by atoms with Crippen LogP contribution in [0.15, 0.2) is 12.1 Å². The quantitative estimate of drug-likeness (QED) is 0.340. The van der Waals surface area contributed by atoms with Gasteiger partial charge in [-0.05, 0) is 63.3 Å². The molecular weight excluding hydrogens is 371 g/mol. The molecule has 0 aliphatic heterocycles. The summed E-state index contributed by atoms with van der Waals surface area (Å²) in [6.07, 6.45) is 3.30. The Hall–Kier alpha value is -0.940. The molecule has 0 saturated heterocycles. The second kappa shape index (κ2) is 10.1. The van der Waals surface area contributed by atoms with Gasteiger partial charge in [0.2, 0.25) is 0 Å². The standard InChI is InChI=1S/C19H30BrFN2O/c1-5-10-23(6-2,11-8-7-9-20)14-18(24)22-19-15(3)12-17(21)13-16(19)4/h12-13H,5-11,14H2,1-4H3/p+1. The van der Waals surface area contributed by atoms with E-state index in [1.807, 2.05) is 13.8 Å². The predicted molar refractivity (Wildman–Crippen MR) is 103 cm³/mol. The Bertz CT molecular complexity index is 527. The van der Waals surface area contributed by atoms with Gasteiger partial charge >= 0.3 is 0 Å². The number of likely N-dealkylation sites (N-methyl/N-ethyl adjacent to an activating group) is 1. The van der Waals surface area contributed by atoms with Gasteiger partial charge in [0, 0.05) is 11.0 Å². The van der Waals surface area contributed by atoms with Crippen molar-refractivity contribution in [1.29, 1.82) is 0 Å². The monoisotopic (exact) mass is 401 g/mol. The van der Waals surface area contributed by atoms with E-state index in [4.69, 9.17) is 0 Å². The van der Waals surface area contributed by atoms with Crippen molar-refractivity contribution in [3.8, 4) is 0 Å². The highest BCUT2D eigenvalue weighted by molar-refractivity contribution is 9.09. The molecule has 0 radical (unpaired) electrons. The van der Waals surface area contributed by atoms with Gasteiger partial charge in [-0.2, -0.15) is 0 Å². The number of quaternary nitrogens is 1. The van der Waals surface area contributed by atoms with Crippen LogP contribution in [0.1, 0.15) is 44.2 Å². The van der Waals surface area contributed by atoms with Gasteiger partial charge in [0.15, 0.2) is 6.54 Å². The van der Waals surface area contributed by atoms with Crippen molar-refractivity contribution in [2.75, 3.05) is 36.8 Å². The summed E-state index contributed by atoms with van der Waals surface area (Å²) in [4.78, 5) is 12.7. The van der Waals surface area contributed by atoms with Crippen LogP contribution < -0.4 is 5.32 Å². The van der Waals surface area contributed by atoms with Gasteiger partial charge in [-0.3, -0.25) is 4.79 Å². The first-order chi connectivity index (χ1) is 11.4. The molecule has 1 rings (SSSR count). The molecule has 0 bridgehead atoms. The van der Waals surface area contributed by atoms with E-state index in [1.165, 1.54) is 12.1 Å². The van der Waals surface area contributed by atoms with E-state index in [0.717, 1.165) is 65.5 Å². The molecule has 0 aliphatic rings. The van der Waals surface area contributed by atoms with Crippen molar-refractivity contribution in [1.82, 2.24) is 0 Å². The minimum Gasteiger partial charge on any atom is -0.321 e. The number of hydrogen-bond donors (Lipinski definition) is 1. The zero-order valence-electron chi connectivity index (χ0n) is 15.4. The van der Waals surface area contributed by atoms with Crippen LogP contribution in [0.5, 0.6) is 0 Å². The van der Waals surface area contributed by atoms with E-state index in [-0.39, 0.29) is 11.7 Å². The van der Waals surface area contributed by atoms with Crippen molar-refractivity contribution in [2.24, 2.45) is 0 Å². The normalized spacial score (nSPS) is 13.6. The summed E-state index contributed by atoms with van der Waals surface area (Å²) in [5.41, 5.74) is 2.28. The Morgan fingerprint density at radius 3 is 2.29 bits per heavy atom. The molecule has 1 amide bonds. The third-order valence-corrected chi connectivity index (χ3v) is 5.19. The molecule has 24 heavy (non-hydrogen) atoms. The fraction of sp³-hybridized carbons (Fsp3) is 0.632. The average Bonchev–Trinajstić information content (AvgIpc) is 2.51. The number of amides is 1. The third kappa shape index (κ3) is 6.17. The highest BCUT2D eigenvalue weighted by Crippen LogP contribution is 2.22. The van der Waals surface area contributed by atoms with E-state index in [0.29, 0.717) is 6.54 Å². The maximum atomic E-state index is 13.4. The number of carbonyl (C=O) groups is 1. The summed E-state index contributed by atoms with van der Waals surface area (Å²) >= 11 is 3.48. The van der Waals surface area contributed by atoms with Crippen molar-refractivity contribution >= 4 is 27.5 Å². The molecule has 3 nitrogen and oxygen atoms in total. The van der Waals surface area contributed by atoms with Crippen LogP contribution in [0.3, 0.4) is 0 Å². The van der Waals surface area contributed by atoms with Gasteiger partial charge in [-0.25, -0.2) is 4.39 Å². The molecule has 0 heterocycles. The molecule has 0 fully saturated rings. The third-order valence-electron chi connectivity index (χ3n) is 4.63. The van der Waals surface area contributed by atoms with Crippen LogP contribution in [0.2, 0.25) is 0 Å². The summed E-state index contributed by atoms with van der Waals surface area (Å²) in [6.45, 7) is 11.4. The first-order valence-electron chi connectivity index (χ1n) is 8.85. The average molecular weight is 402 g/mol. The number of nitrogens with zero attached hydrogens (tertiary/aromatic N) is 1. The molecule has 1 N–H and O–H groups in total. The topological polar surface area (TPSA) is 29.1 Å². The van der Waals surface area contributed by atoms with Crippen LogP contribution in [0, 0.1) is 19.7 Å². The summed E-state index contributed by atoms with van der Waals surface area (Å²) in [6, 6.07) is 2.93. The minimum atomic E-state index is -0.262. The van der Waals surface area contributed by atoms with Gasteiger partial charge in [-0.1, -0.05) is 22.9 Å². The molecular formula is C19H31BrFN2O+. The Kier molecular flexibility index (Phi) is 8.92. The fourth-order valence-electron chi connectivity index (χ4n) is 3.31. The number of nitrogens with one attached hydrogen (secondary N) is 1. The van der Waals surface area contributed by atoms with Crippen LogP contribution in [0.25, 0.3) is 0 Å². The maximum absolute atomic E-state index is 13.4. The van der Waals surface area contributed by atoms with Gasteiger partial charge in [0.05, 0.1) is 19.6 Å². The van der Waals surface area contributed by atoms with E-state index >= 15 is 0 Å². The largest absolute Gasteiger partial charge is 0.321 e. The molecule has 1 aromatic rings. The molecule has 0 aromatic heterocycles.